The quantitative estimate of drug-likeness (QED) is 0.655. The molecule has 2 N–H and O–H groups in total. The third-order valence-electron chi connectivity index (χ3n) is 2.18. The molecule has 0 radical (unpaired) electrons. The summed E-state index contributed by atoms with van der Waals surface area (Å²) in [4.78, 5) is 31.4. The Labute approximate surface area is 109 Å². The molecule has 0 aliphatic carbocycles. The number of aryl methyl sites for hydroxylation is 1. The fourth-order valence-electron chi connectivity index (χ4n) is 1.40. The molecule has 0 spiro atoms. The first-order valence-electron chi connectivity index (χ1n) is 4.94. The van der Waals surface area contributed by atoms with Gasteiger partial charge in [0.2, 0.25) is 0 Å². The maximum atomic E-state index is 12.2. The lowest BCUT2D eigenvalue weighted by atomic mass is 10.1. The summed E-state index contributed by atoms with van der Waals surface area (Å²) in [5, 5.41) is 20.8. The maximum Gasteiger partial charge on any atom is 0.471 e. The van der Waals surface area contributed by atoms with Crippen LogP contribution in [0.25, 0.3) is 0 Å². The van der Waals surface area contributed by atoms with Crippen molar-refractivity contribution in [2.24, 2.45) is 0 Å². The minimum absolute atomic E-state index is 0.152. The van der Waals surface area contributed by atoms with Gasteiger partial charge in [-0.2, -0.15) is 13.2 Å². The van der Waals surface area contributed by atoms with E-state index in [4.69, 9.17) is 5.11 Å². The van der Waals surface area contributed by atoms with Gasteiger partial charge < -0.3 is 10.4 Å². The van der Waals surface area contributed by atoms with Gasteiger partial charge in [0, 0.05) is 6.07 Å². The molecular formula is C10H7F3N2O5. The number of aromatic carboxylic acids is 1. The van der Waals surface area contributed by atoms with Gasteiger partial charge in [-0.25, -0.2) is 4.79 Å². The second kappa shape index (κ2) is 5.15. The Balaban J connectivity index is 3.45. The van der Waals surface area contributed by atoms with Crippen LogP contribution in [0.4, 0.5) is 24.5 Å². The Morgan fingerprint density at radius 1 is 1.35 bits per heavy atom. The molecule has 0 fully saturated rings. The first-order valence-corrected chi connectivity index (χ1v) is 4.94. The van der Waals surface area contributed by atoms with Crippen molar-refractivity contribution >= 4 is 23.3 Å². The zero-order valence-corrected chi connectivity index (χ0v) is 9.82. The van der Waals surface area contributed by atoms with Gasteiger partial charge in [0.15, 0.2) is 0 Å². The third-order valence-corrected chi connectivity index (χ3v) is 2.18. The molecule has 0 atom stereocenters. The number of nitro benzene ring substituents is 1. The Bertz CT molecular complexity index is 562. The first kappa shape index (κ1) is 15.4. The summed E-state index contributed by atoms with van der Waals surface area (Å²) in [5.74, 6) is -4.19. The highest BCUT2D eigenvalue weighted by atomic mass is 19.4. The van der Waals surface area contributed by atoms with Gasteiger partial charge in [0.25, 0.3) is 5.69 Å². The molecule has 1 aromatic carbocycles. The van der Waals surface area contributed by atoms with E-state index < -0.39 is 39.9 Å². The molecule has 0 aliphatic rings. The normalized spacial score (nSPS) is 11.0. The Morgan fingerprint density at radius 3 is 2.30 bits per heavy atom. The molecule has 0 saturated heterocycles. The minimum atomic E-state index is -5.30. The number of carboxylic acids is 1. The number of amides is 1. The topological polar surface area (TPSA) is 110 Å². The van der Waals surface area contributed by atoms with Crippen LogP contribution in [0.3, 0.4) is 0 Å². The van der Waals surface area contributed by atoms with Crippen LogP contribution in [0, 0.1) is 17.0 Å². The van der Waals surface area contributed by atoms with Crippen molar-refractivity contribution in [3.63, 3.8) is 0 Å². The van der Waals surface area contributed by atoms with Crippen molar-refractivity contribution in [1.82, 2.24) is 0 Å². The number of hydrogen-bond acceptors (Lipinski definition) is 4. The molecule has 10 heteroatoms. The molecule has 0 aliphatic heterocycles. The molecule has 1 amide bonds. The number of hydrogen-bond donors (Lipinski definition) is 2. The van der Waals surface area contributed by atoms with Crippen molar-refractivity contribution in [3.05, 3.63) is 33.4 Å². The van der Waals surface area contributed by atoms with Gasteiger partial charge in [-0.3, -0.25) is 14.9 Å². The Morgan fingerprint density at radius 2 is 1.90 bits per heavy atom. The molecule has 0 saturated carbocycles. The number of carbonyl (C=O) groups is 2. The second-order valence-corrected chi connectivity index (χ2v) is 3.72. The number of anilines is 1. The fraction of sp³-hybridized carbons (Fsp3) is 0.200. The summed E-state index contributed by atoms with van der Waals surface area (Å²) >= 11 is 0. The smallest absolute Gasteiger partial charge is 0.471 e. The number of alkyl halides is 3. The highest BCUT2D eigenvalue weighted by molar-refractivity contribution is 6.05. The van der Waals surface area contributed by atoms with Gasteiger partial charge in [-0.1, -0.05) is 0 Å². The number of nitrogens with zero attached hydrogens (tertiary/aromatic N) is 1. The van der Waals surface area contributed by atoms with Crippen LogP contribution in [-0.2, 0) is 4.79 Å². The van der Waals surface area contributed by atoms with Gasteiger partial charge in [0.1, 0.15) is 5.69 Å². The molecule has 0 aromatic heterocycles. The number of carbonyl (C=O) groups excluding carboxylic acids is 1. The average Bonchev–Trinajstić information content (AvgIpc) is 2.28. The van der Waals surface area contributed by atoms with Crippen LogP contribution >= 0.6 is 0 Å². The van der Waals surface area contributed by atoms with E-state index in [9.17, 15) is 32.9 Å². The van der Waals surface area contributed by atoms with E-state index in [0.717, 1.165) is 12.1 Å². The second-order valence-electron chi connectivity index (χ2n) is 3.72. The lowest BCUT2D eigenvalue weighted by molar-refractivity contribution is -0.384. The maximum absolute atomic E-state index is 12.2. The third kappa shape index (κ3) is 3.22. The molecule has 1 aromatic rings. The van der Waals surface area contributed by atoms with Crippen LogP contribution in [0.15, 0.2) is 12.1 Å². The SMILES string of the molecule is Cc1cc(C(=O)O)c(NC(=O)C(F)(F)F)c([N+](=O)[O-])c1. The number of rotatable bonds is 3. The Hall–Kier alpha value is -2.65. The van der Waals surface area contributed by atoms with Crippen LogP contribution in [0.2, 0.25) is 0 Å². The van der Waals surface area contributed by atoms with E-state index >= 15 is 0 Å². The lowest BCUT2D eigenvalue weighted by Crippen LogP contribution is -2.31. The number of carboxylic acid groups (broad SMARTS) is 1. The van der Waals surface area contributed by atoms with Gasteiger partial charge in [-0.05, 0) is 18.6 Å². The van der Waals surface area contributed by atoms with E-state index in [0.29, 0.717) is 0 Å². The zero-order chi connectivity index (χ0) is 15.7. The van der Waals surface area contributed by atoms with Crippen LogP contribution in [0.5, 0.6) is 0 Å². The predicted octanol–water partition coefficient (Wildman–Crippen LogP) is 2.10. The highest BCUT2D eigenvalue weighted by Gasteiger charge is 2.40. The summed E-state index contributed by atoms with van der Waals surface area (Å²) < 4.78 is 36.5. The molecular weight excluding hydrogens is 285 g/mol. The highest BCUT2D eigenvalue weighted by Crippen LogP contribution is 2.31. The summed E-state index contributed by atoms with van der Waals surface area (Å²) in [5.41, 5.74) is -2.58. The first-order chi connectivity index (χ1) is 9.04. The number of nitrogens with one attached hydrogen (secondary N) is 1. The van der Waals surface area contributed by atoms with E-state index in [1.54, 1.807) is 0 Å². The van der Waals surface area contributed by atoms with E-state index in [-0.39, 0.29) is 5.56 Å². The summed E-state index contributed by atoms with van der Waals surface area (Å²) in [6.45, 7) is 1.33. The monoisotopic (exact) mass is 292 g/mol. The zero-order valence-electron chi connectivity index (χ0n) is 9.82. The van der Waals surface area contributed by atoms with Crippen molar-refractivity contribution in [2.45, 2.75) is 13.1 Å². The fourth-order valence-corrected chi connectivity index (χ4v) is 1.40. The van der Waals surface area contributed by atoms with Crippen LogP contribution in [0.1, 0.15) is 15.9 Å². The lowest BCUT2D eigenvalue weighted by Gasteiger charge is -2.11. The summed E-state index contributed by atoms with van der Waals surface area (Å²) in [6, 6.07) is 1.78. The predicted molar refractivity (Wildman–Crippen MR) is 59.5 cm³/mol. The molecule has 0 unspecified atom stereocenters. The average molecular weight is 292 g/mol. The number of halogens is 3. The molecule has 108 valence electrons. The Kier molecular flexibility index (Phi) is 3.97. The van der Waals surface area contributed by atoms with Crippen molar-refractivity contribution in [2.75, 3.05) is 5.32 Å². The van der Waals surface area contributed by atoms with Crippen LogP contribution in [-0.4, -0.2) is 28.1 Å². The number of nitro groups is 1. The molecule has 7 nitrogen and oxygen atoms in total. The molecule has 1 rings (SSSR count). The largest absolute Gasteiger partial charge is 0.478 e. The molecule has 0 heterocycles. The van der Waals surface area contributed by atoms with Gasteiger partial charge >= 0.3 is 18.1 Å². The van der Waals surface area contributed by atoms with E-state index in [1.165, 1.54) is 12.2 Å². The van der Waals surface area contributed by atoms with E-state index in [2.05, 4.69) is 0 Å². The van der Waals surface area contributed by atoms with Crippen LogP contribution < -0.4 is 5.32 Å². The van der Waals surface area contributed by atoms with E-state index in [1.807, 2.05) is 0 Å². The number of benzene rings is 1. The minimum Gasteiger partial charge on any atom is -0.478 e. The van der Waals surface area contributed by atoms with Gasteiger partial charge in [0.05, 0.1) is 10.5 Å². The molecule has 0 bridgehead atoms. The van der Waals surface area contributed by atoms with Gasteiger partial charge in [-0.15, -0.1) is 0 Å². The summed E-state index contributed by atoms with van der Waals surface area (Å²) in [7, 11) is 0. The van der Waals surface area contributed by atoms with Crippen molar-refractivity contribution < 1.29 is 32.8 Å². The van der Waals surface area contributed by atoms with Crippen molar-refractivity contribution in [1.29, 1.82) is 0 Å². The van der Waals surface area contributed by atoms with Crippen molar-refractivity contribution in [3.8, 4) is 0 Å². The summed E-state index contributed by atoms with van der Waals surface area (Å²) in [6.07, 6.45) is -5.30. The molecule has 20 heavy (non-hydrogen) atoms. The standard InChI is InChI=1S/C10H7F3N2O5/c1-4-2-5(8(16)17)7(6(3-4)15(19)20)14-9(18)10(11,12)13/h2-3H,1H3,(H,14,18)(H,16,17).